The largest absolute Gasteiger partial charge is 0.454 e. The van der Waals surface area contributed by atoms with Gasteiger partial charge in [-0.05, 0) is 25.0 Å². The monoisotopic (exact) mass is 411 g/mol. The van der Waals surface area contributed by atoms with Gasteiger partial charge in [-0.1, -0.05) is 30.9 Å². The van der Waals surface area contributed by atoms with Crippen molar-refractivity contribution in [2.45, 2.75) is 32.1 Å². The molecule has 1 saturated heterocycles. The van der Waals surface area contributed by atoms with Crippen LogP contribution in [0.3, 0.4) is 0 Å². The van der Waals surface area contributed by atoms with E-state index >= 15 is 0 Å². The Morgan fingerprint density at radius 1 is 1.14 bits per heavy atom. The highest BCUT2D eigenvalue weighted by Gasteiger charge is 2.19. The molecule has 28 heavy (non-hydrogen) atoms. The predicted octanol–water partition coefficient (Wildman–Crippen LogP) is 2.31. The Kier molecular flexibility index (Phi) is 8.19. The molecular formula is C18H22ClN3O6. The van der Waals surface area contributed by atoms with Crippen LogP contribution in [0.5, 0.6) is 0 Å². The molecule has 2 rings (SSSR count). The molecule has 1 aromatic carbocycles. The van der Waals surface area contributed by atoms with Crippen LogP contribution in [-0.4, -0.2) is 53.8 Å². The van der Waals surface area contributed by atoms with Gasteiger partial charge in [0.15, 0.2) is 6.61 Å². The molecule has 0 spiro atoms. The summed E-state index contributed by atoms with van der Waals surface area (Å²) in [5.74, 6) is -1.71. The van der Waals surface area contributed by atoms with Gasteiger partial charge >= 0.3 is 5.97 Å². The number of nitrogens with zero attached hydrogens (tertiary/aromatic N) is 2. The van der Waals surface area contributed by atoms with Gasteiger partial charge in [0.05, 0.1) is 4.92 Å². The topological polar surface area (TPSA) is 119 Å². The zero-order valence-electron chi connectivity index (χ0n) is 15.3. The Bertz CT molecular complexity index is 747. The predicted molar refractivity (Wildman–Crippen MR) is 101 cm³/mol. The minimum absolute atomic E-state index is 0.0133. The number of ether oxygens (including phenoxy) is 1. The number of nitrogens with one attached hydrogen (secondary N) is 1. The minimum atomic E-state index is -0.766. The Morgan fingerprint density at radius 2 is 1.79 bits per heavy atom. The van der Waals surface area contributed by atoms with E-state index in [9.17, 15) is 24.5 Å². The molecule has 0 saturated carbocycles. The van der Waals surface area contributed by atoms with Crippen molar-refractivity contribution in [3.05, 3.63) is 38.9 Å². The molecule has 1 aliphatic heterocycles. The van der Waals surface area contributed by atoms with Gasteiger partial charge in [0.25, 0.3) is 17.5 Å². The molecule has 0 bridgehead atoms. The number of carbonyl (C=O) groups excluding carboxylic acids is 3. The second-order valence-electron chi connectivity index (χ2n) is 6.42. The maximum Gasteiger partial charge on any atom is 0.325 e. The molecule has 2 amide bonds. The second kappa shape index (κ2) is 10.6. The van der Waals surface area contributed by atoms with Gasteiger partial charge in [0.2, 0.25) is 0 Å². The summed E-state index contributed by atoms with van der Waals surface area (Å²) in [7, 11) is 0. The summed E-state index contributed by atoms with van der Waals surface area (Å²) in [5.41, 5.74) is -0.420. The Hall–Kier alpha value is -2.68. The Balaban J connectivity index is 1.78. The maximum atomic E-state index is 12.1. The highest BCUT2D eigenvalue weighted by atomic mass is 35.5. The van der Waals surface area contributed by atoms with Crippen molar-refractivity contribution in [2.24, 2.45) is 0 Å². The number of rotatable bonds is 6. The van der Waals surface area contributed by atoms with E-state index in [0.29, 0.717) is 13.1 Å². The minimum Gasteiger partial charge on any atom is -0.454 e. The second-order valence-corrected chi connectivity index (χ2v) is 6.82. The van der Waals surface area contributed by atoms with Crippen molar-refractivity contribution in [2.75, 3.05) is 26.2 Å². The van der Waals surface area contributed by atoms with E-state index in [1.165, 1.54) is 18.6 Å². The van der Waals surface area contributed by atoms with E-state index in [1.807, 2.05) is 0 Å². The number of carbonyl (C=O) groups is 3. The van der Waals surface area contributed by atoms with Gasteiger partial charge in [-0.2, -0.15) is 0 Å². The smallest absolute Gasteiger partial charge is 0.325 e. The average molecular weight is 412 g/mol. The third kappa shape index (κ3) is 6.49. The number of hydrogen-bond donors (Lipinski definition) is 1. The standard InChI is InChI=1S/C18H22ClN3O6/c19-14-7-6-13(10-15(14)22(26)27)18(25)20-11-17(24)28-12-16(23)21-8-4-2-1-3-5-9-21/h6-7,10H,1-5,8-9,11-12H2,(H,20,25). The molecule has 0 radical (unpaired) electrons. The third-order valence-corrected chi connectivity index (χ3v) is 4.68. The zero-order valence-corrected chi connectivity index (χ0v) is 16.1. The van der Waals surface area contributed by atoms with Crippen molar-refractivity contribution in [1.82, 2.24) is 10.2 Å². The molecule has 0 atom stereocenters. The van der Waals surface area contributed by atoms with Crippen LogP contribution in [0.15, 0.2) is 18.2 Å². The van der Waals surface area contributed by atoms with E-state index in [-0.39, 0.29) is 23.1 Å². The first-order chi connectivity index (χ1) is 13.4. The molecule has 1 aliphatic rings. The van der Waals surface area contributed by atoms with Crippen LogP contribution < -0.4 is 5.32 Å². The van der Waals surface area contributed by atoms with Gasteiger partial charge in [-0.3, -0.25) is 24.5 Å². The molecule has 1 N–H and O–H groups in total. The summed E-state index contributed by atoms with van der Waals surface area (Å²) in [6.45, 7) is 0.481. The van der Waals surface area contributed by atoms with Crippen molar-refractivity contribution in [3.8, 4) is 0 Å². The Labute approximate surface area is 167 Å². The van der Waals surface area contributed by atoms with E-state index in [4.69, 9.17) is 16.3 Å². The fourth-order valence-corrected chi connectivity index (χ4v) is 3.02. The van der Waals surface area contributed by atoms with Crippen molar-refractivity contribution in [1.29, 1.82) is 0 Å². The number of halogens is 1. The summed E-state index contributed by atoms with van der Waals surface area (Å²) < 4.78 is 4.92. The van der Waals surface area contributed by atoms with Crippen LogP contribution >= 0.6 is 11.6 Å². The van der Waals surface area contributed by atoms with E-state index in [2.05, 4.69) is 5.32 Å². The highest BCUT2D eigenvalue weighted by Crippen LogP contribution is 2.24. The zero-order chi connectivity index (χ0) is 20.5. The molecule has 0 unspecified atom stereocenters. The number of esters is 1. The van der Waals surface area contributed by atoms with Crippen molar-refractivity contribution in [3.63, 3.8) is 0 Å². The average Bonchev–Trinajstić information content (AvgIpc) is 2.64. The third-order valence-electron chi connectivity index (χ3n) is 4.36. The van der Waals surface area contributed by atoms with E-state index in [0.717, 1.165) is 31.7 Å². The summed E-state index contributed by atoms with van der Waals surface area (Å²) >= 11 is 5.69. The summed E-state index contributed by atoms with van der Waals surface area (Å²) in [6, 6.07) is 3.56. The lowest BCUT2D eigenvalue weighted by Gasteiger charge is -2.24. The molecular weight excluding hydrogens is 390 g/mol. The quantitative estimate of drug-likeness (QED) is 0.436. The van der Waals surface area contributed by atoms with Gasteiger partial charge in [-0.25, -0.2) is 0 Å². The van der Waals surface area contributed by atoms with Crippen LogP contribution in [0.2, 0.25) is 5.02 Å². The fourth-order valence-electron chi connectivity index (χ4n) is 2.83. The van der Waals surface area contributed by atoms with Crippen LogP contribution in [0, 0.1) is 10.1 Å². The van der Waals surface area contributed by atoms with E-state index in [1.54, 1.807) is 4.90 Å². The highest BCUT2D eigenvalue weighted by molar-refractivity contribution is 6.32. The first kappa shape index (κ1) is 21.6. The first-order valence-electron chi connectivity index (χ1n) is 9.04. The van der Waals surface area contributed by atoms with Gasteiger partial charge < -0.3 is 15.0 Å². The first-order valence-corrected chi connectivity index (χ1v) is 9.42. The van der Waals surface area contributed by atoms with Crippen molar-refractivity contribution >= 4 is 35.1 Å². The lowest BCUT2D eigenvalue weighted by Crippen LogP contribution is -2.38. The molecule has 1 heterocycles. The lowest BCUT2D eigenvalue weighted by atomic mass is 10.1. The molecule has 1 fully saturated rings. The molecule has 0 aliphatic carbocycles. The van der Waals surface area contributed by atoms with Gasteiger partial charge in [0.1, 0.15) is 11.6 Å². The summed E-state index contributed by atoms with van der Waals surface area (Å²) in [6.07, 6.45) is 5.20. The van der Waals surface area contributed by atoms with Crippen LogP contribution in [0.25, 0.3) is 0 Å². The van der Waals surface area contributed by atoms with Gasteiger partial charge in [0, 0.05) is 24.7 Å². The van der Waals surface area contributed by atoms with Crippen LogP contribution in [0.4, 0.5) is 5.69 Å². The molecule has 152 valence electrons. The molecule has 0 aromatic heterocycles. The fraction of sp³-hybridized carbons (Fsp3) is 0.500. The number of nitro benzene ring substituents is 1. The Morgan fingerprint density at radius 3 is 2.43 bits per heavy atom. The number of amides is 2. The molecule has 9 nitrogen and oxygen atoms in total. The number of hydrogen-bond acceptors (Lipinski definition) is 6. The molecule has 1 aromatic rings. The summed E-state index contributed by atoms with van der Waals surface area (Å²) in [5, 5.41) is 13.1. The maximum absolute atomic E-state index is 12.1. The number of nitro groups is 1. The lowest BCUT2D eigenvalue weighted by molar-refractivity contribution is -0.384. The SMILES string of the molecule is O=C(CNC(=O)c1ccc(Cl)c([N+](=O)[O-])c1)OCC(=O)N1CCCCCCC1. The number of benzene rings is 1. The van der Waals surface area contributed by atoms with Crippen LogP contribution in [0.1, 0.15) is 42.5 Å². The normalized spacial score (nSPS) is 14.5. The van der Waals surface area contributed by atoms with Gasteiger partial charge in [-0.15, -0.1) is 0 Å². The summed E-state index contributed by atoms with van der Waals surface area (Å²) in [4.78, 5) is 47.8. The molecule has 10 heteroatoms. The van der Waals surface area contributed by atoms with Crippen LogP contribution in [-0.2, 0) is 14.3 Å². The number of likely N-dealkylation sites (tertiary alicyclic amines) is 1. The van der Waals surface area contributed by atoms with Crippen molar-refractivity contribution < 1.29 is 24.0 Å². The van der Waals surface area contributed by atoms with E-state index < -0.39 is 29.0 Å².